The summed E-state index contributed by atoms with van der Waals surface area (Å²) in [5.74, 6) is 0.422. The van der Waals surface area contributed by atoms with Crippen LogP contribution in [-0.4, -0.2) is 27.6 Å². The Bertz CT molecular complexity index is 660. The Balaban J connectivity index is 1.82. The van der Waals surface area contributed by atoms with Gasteiger partial charge in [0.05, 0.1) is 16.2 Å². The molecule has 1 spiro atoms. The quantitative estimate of drug-likeness (QED) is 0.838. The maximum Gasteiger partial charge on any atom is 0.335 e. The molecule has 0 atom stereocenters. The van der Waals surface area contributed by atoms with Gasteiger partial charge in [-0.1, -0.05) is 27.2 Å². The first-order valence-electron chi connectivity index (χ1n) is 9.09. The summed E-state index contributed by atoms with van der Waals surface area (Å²) in [6, 6.07) is 6.73. The van der Waals surface area contributed by atoms with Crippen molar-refractivity contribution in [2.24, 2.45) is 11.3 Å². The van der Waals surface area contributed by atoms with Crippen molar-refractivity contribution in [2.45, 2.75) is 57.7 Å². The highest BCUT2D eigenvalue weighted by Crippen LogP contribution is 2.53. The first-order chi connectivity index (χ1) is 11.8. The van der Waals surface area contributed by atoms with Gasteiger partial charge in [-0.3, -0.25) is 9.69 Å². The Morgan fingerprint density at radius 3 is 2.40 bits per heavy atom. The Labute approximate surface area is 154 Å². The Kier molecular flexibility index (Phi) is 4.89. The molecule has 1 aromatic rings. The van der Waals surface area contributed by atoms with Gasteiger partial charge in [0.15, 0.2) is 0 Å². The number of carboxylic acid groups (broad SMARTS) is 1. The third-order valence-electron chi connectivity index (χ3n) is 6.28. The number of aromatic carboxylic acids is 1. The lowest BCUT2D eigenvalue weighted by Crippen LogP contribution is -2.48. The number of amides is 1. The first kappa shape index (κ1) is 18.3. The first-order valence-corrected chi connectivity index (χ1v) is 10.1. The van der Waals surface area contributed by atoms with Gasteiger partial charge in [0.2, 0.25) is 5.91 Å². The van der Waals surface area contributed by atoms with Crippen LogP contribution in [0.5, 0.6) is 0 Å². The van der Waals surface area contributed by atoms with E-state index in [0.717, 1.165) is 31.4 Å². The van der Waals surface area contributed by atoms with Crippen LogP contribution in [0.25, 0.3) is 0 Å². The van der Waals surface area contributed by atoms with Crippen LogP contribution in [-0.2, 0) is 4.79 Å². The van der Waals surface area contributed by atoms with Crippen LogP contribution >= 0.6 is 11.8 Å². The zero-order chi connectivity index (χ0) is 18.2. The van der Waals surface area contributed by atoms with E-state index < -0.39 is 5.97 Å². The van der Waals surface area contributed by atoms with E-state index in [9.17, 15) is 9.59 Å². The molecule has 1 aliphatic heterocycles. The molecule has 25 heavy (non-hydrogen) atoms. The maximum absolute atomic E-state index is 12.6. The van der Waals surface area contributed by atoms with Gasteiger partial charge in [0, 0.05) is 5.69 Å². The van der Waals surface area contributed by atoms with Crippen molar-refractivity contribution in [3.63, 3.8) is 0 Å². The molecule has 2 fully saturated rings. The molecule has 1 aliphatic carbocycles. The fourth-order valence-corrected chi connectivity index (χ4v) is 5.57. The van der Waals surface area contributed by atoms with E-state index in [1.54, 1.807) is 36.0 Å². The van der Waals surface area contributed by atoms with Crippen LogP contribution in [0.2, 0.25) is 0 Å². The number of carbonyl (C=O) groups excluding carboxylic acids is 1. The highest BCUT2D eigenvalue weighted by Gasteiger charge is 2.50. The molecular formula is C20H27NO3S. The van der Waals surface area contributed by atoms with Gasteiger partial charge in [-0.25, -0.2) is 4.79 Å². The molecule has 1 saturated heterocycles. The van der Waals surface area contributed by atoms with Crippen LogP contribution in [0.4, 0.5) is 5.69 Å². The number of anilines is 1. The largest absolute Gasteiger partial charge is 0.478 e. The minimum absolute atomic E-state index is 0.140. The van der Waals surface area contributed by atoms with Crippen molar-refractivity contribution in [3.05, 3.63) is 29.8 Å². The Morgan fingerprint density at radius 2 is 1.88 bits per heavy atom. The monoisotopic (exact) mass is 361 g/mol. The van der Waals surface area contributed by atoms with Crippen molar-refractivity contribution in [1.29, 1.82) is 0 Å². The van der Waals surface area contributed by atoms with Gasteiger partial charge in [-0.05, 0) is 61.3 Å². The summed E-state index contributed by atoms with van der Waals surface area (Å²) < 4.78 is 0. The van der Waals surface area contributed by atoms with Crippen LogP contribution in [0.15, 0.2) is 24.3 Å². The standard InChI is InChI=1S/C20H27NO3S/c1-4-19(2,3)15-9-11-20(12-10-15)21(17(22)13-25-20)16-7-5-14(6-8-16)18(23)24/h5-8,15H,4,9-13H2,1-3H3,(H,23,24). The molecule has 0 radical (unpaired) electrons. The van der Waals surface area contributed by atoms with Crippen LogP contribution < -0.4 is 4.90 Å². The minimum atomic E-state index is -0.939. The van der Waals surface area contributed by atoms with Crippen molar-refractivity contribution >= 4 is 29.3 Å². The number of hydrogen-bond acceptors (Lipinski definition) is 3. The number of thioether (sulfide) groups is 1. The van der Waals surface area contributed by atoms with E-state index in [-0.39, 0.29) is 16.3 Å². The van der Waals surface area contributed by atoms with E-state index in [1.807, 2.05) is 4.90 Å². The molecule has 1 heterocycles. The minimum Gasteiger partial charge on any atom is -0.478 e. The lowest BCUT2D eigenvalue weighted by molar-refractivity contribution is -0.116. The fourth-order valence-electron chi connectivity index (χ4n) is 4.19. The summed E-state index contributed by atoms with van der Waals surface area (Å²) >= 11 is 1.77. The average molecular weight is 362 g/mol. The predicted molar refractivity (Wildman–Crippen MR) is 102 cm³/mol. The Hall–Kier alpha value is -1.49. The van der Waals surface area contributed by atoms with Crippen LogP contribution in [0, 0.1) is 11.3 Å². The molecule has 0 bridgehead atoms. The summed E-state index contributed by atoms with van der Waals surface area (Å²) in [6.07, 6.45) is 5.49. The number of nitrogens with zero attached hydrogens (tertiary/aromatic N) is 1. The number of benzene rings is 1. The number of rotatable bonds is 4. The van der Waals surface area contributed by atoms with Crippen LogP contribution in [0.3, 0.4) is 0 Å². The third-order valence-corrected chi connectivity index (χ3v) is 7.80. The number of hydrogen-bond donors (Lipinski definition) is 1. The van der Waals surface area contributed by atoms with Crippen LogP contribution in [0.1, 0.15) is 63.2 Å². The molecule has 2 aliphatic rings. The fraction of sp³-hybridized carbons (Fsp3) is 0.600. The summed E-state index contributed by atoms with van der Waals surface area (Å²) in [4.78, 5) is 25.4. The van der Waals surface area contributed by atoms with Crippen molar-refractivity contribution < 1.29 is 14.7 Å². The van der Waals surface area contributed by atoms with Gasteiger partial charge in [-0.15, -0.1) is 11.8 Å². The summed E-state index contributed by atoms with van der Waals surface area (Å²) in [7, 11) is 0. The Morgan fingerprint density at radius 1 is 1.28 bits per heavy atom. The van der Waals surface area contributed by atoms with Gasteiger partial charge in [-0.2, -0.15) is 0 Å². The lowest BCUT2D eigenvalue weighted by atomic mass is 9.68. The second-order valence-electron chi connectivity index (χ2n) is 7.93. The summed E-state index contributed by atoms with van der Waals surface area (Å²) in [6.45, 7) is 6.96. The molecule has 5 heteroatoms. The van der Waals surface area contributed by atoms with E-state index in [2.05, 4.69) is 20.8 Å². The number of carboxylic acids is 1. The number of carbonyl (C=O) groups is 2. The smallest absolute Gasteiger partial charge is 0.335 e. The lowest BCUT2D eigenvalue weighted by Gasteiger charge is -2.46. The second-order valence-corrected chi connectivity index (χ2v) is 9.27. The molecule has 1 saturated carbocycles. The van der Waals surface area contributed by atoms with Crippen molar-refractivity contribution in [2.75, 3.05) is 10.7 Å². The predicted octanol–water partition coefficient (Wildman–Crippen LogP) is 4.79. The van der Waals surface area contributed by atoms with E-state index in [0.29, 0.717) is 17.1 Å². The SMILES string of the molecule is CCC(C)(C)C1CCC2(CC1)SCC(=O)N2c1ccc(C(=O)O)cc1. The zero-order valence-electron chi connectivity index (χ0n) is 15.2. The molecule has 1 amide bonds. The molecule has 3 rings (SSSR count). The molecule has 1 aromatic carbocycles. The zero-order valence-corrected chi connectivity index (χ0v) is 16.1. The molecule has 0 aromatic heterocycles. The average Bonchev–Trinajstić information content (AvgIpc) is 2.91. The second kappa shape index (κ2) is 6.67. The molecular weight excluding hydrogens is 334 g/mol. The molecule has 0 unspecified atom stereocenters. The highest BCUT2D eigenvalue weighted by molar-refractivity contribution is 8.02. The van der Waals surface area contributed by atoms with Crippen molar-refractivity contribution in [1.82, 2.24) is 0 Å². The molecule has 4 nitrogen and oxygen atoms in total. The van der Waals surface area contributed by atoms with Gasteiger partial charge in [0.1, 0.15) is 0 Å². The van der Waals surface area contributed by atoms with E-state index in [4.69, 9.17) is 5.11 Å². The highest BCUT2D eigenvalue weighted by atomic mass is 32.2. The summed E-state index contributed by atoms with van der Waals surface area (Å²) in [5.41, 5.74) is 1.43. The summed E-state index contributed by atoms with van der Waals surface area (Å²) in [5, 5.41) is 9.08. The molecule has 1 N–H and O–H groups in total. The van der Waals surface area contributed by atoms with Gasteiger partial charge < -0.3 is 5.11 Å². The normalized spacial score (nSPS) is 27.1. The van der Waals surface area contributed by atoms with E-state index in [1.165, 1.54) is 6.42 Å². The van der Waals surface area contributed by atoms with Gasteiger partial charge in [0.25, 0.3) is 0 Å². The van der Waals surface area contributed by atoms with E-state index >= 15 is 0 Å². The molecule has 136 valence electrons. The maximum atomic E-state index is 12.6. The topological polar surface area (TPSA) is 57.6 Å². The third kappa shape index (κ3) is 3.31. The van der Waals surface area contributed by atoms with Gasteiger partial charge >= 0.3 is 5.97 Å². The van der Waals surface area contributed by atoms with Crippen molar-refractivity contribution in [3.8, 4) is 0 Å².